The molecule has 0 unspecified atom stereocenters. The summed E-state index contributed by atoms with van der Waals surface area (Å²) in [5, 5.41) is 3.73. The number of halogens is 2. The highest BCUT2D eigenvalue weighted by molar-refractivity contribution is 7.92. The van der Waals surface area contributed by atoms with Crippen molar-refractivity contribution in [2.75, 3.05) is 17.1 Å². The lowest BCUT2D eigenvalue weighted by molar-refractivity contribution is -0.140. The van der Waals surface area contributed by atoms with Gasteiger partial charge < -0.3 is 10.2 Å². The van der Waals surface area contributed by atoms with Gasteiger partial charge in [0.2, 0.25) is 21.8 Å². The molecular formula is C25H33Cl2N3O4S. The summed E-state index contributed by atoms with van der Waals surface area (Å²) in [6.45, 7) is 7.09. The summed E-state index contributed by atoms with van der Waals surface area (Å²) in [4.78, 5) is 28.2. The molecule has 2 aromatic carbocycles. The number of anilines is 1. The van der Waals surface area contributed by atoms with Crippen LogP contribution in [0.2, 0.25) is 10.0 Å². The van der Waals surface area contributed by atoms with Crippen LogP contribution in [0.4, 0.5) is 5.69 Å². The summed E-state index contributed by atoms with van der Waals surface area (Å²) in [5.41, 5.74) is 1.92. The highest BCUT2D eigenvalue weighted by Crippen LogP contribution is 2.25. The van der Waals surface area contributed by atoms with E-state index in [1.807, 2.05) is 20.8 Å². The van der Waals surface area contributed by atoms with Crippen molar-refractivity contribution in [1.29, 1.82) is 0 Å². The number of benzene rings is 2. The Morgan fingerprint density at radius 3 is 2.17 bits per heavy atom. The summed E-state index contributed by atoms with van der Waals surface area (Å²) in [5.74, 6) is -0.824. The second-order valence-electron chi connectivity index (χ2n) is 8.60. The predicted molar refractivity (Wildman–Crippen MR) is 142 cm³/mol. The minimum absolute atomic E-state index is 0.0206. The third kappa shape index (κ3) is 8.12. The number of sulfonamides is 1. The number of hydrogen-bond donors (Lipinski definition) is 1. The van der Waals surface area contributed by atoms with Crippen LogP contribution in [0.3, 0.4) is 0 Å². The number of carbonyl (C=O) groups is 2. The van der Waals surface area contributed by atoms with Crippen molar-refractivity contribution in [2.45, 2.75) is 59.2 Å². The molecule has 0 aliphatic carbocycles. The van der Waals surface area contributed by atoms with Gasteiger partial charge in [-0.1, -0.05) is 60.8 Å². The van der Waals surface area contributed by atoms with Gasteiger partial charge in [-0.15, -0.1) is 0 Å². The first kappa shape index (κ1) is 28.9. The molecule has 7 nitrogen and oxygen atoms in total. The van der Waals surface area contributed by atoms with Crippen LogP contribution < -0.4 is 9.62 Å². The van der Waals surface area contributed by atoms with E-state index in [-0.39, 0.29) is 18.5 Å². The first-order chi connectivity index (χ1) is 16.4. The van der Waals surface area contributed by atoms with Gasteiger partial charge in [-0.3, -0.25) is 13.9 Å². The molecule has 2 rings (SSSR count). The van der Waals surface area contributed by atoms with Gasteiger partial charge in [-0.2, -0.15) is 0 Å². The van der Waals surface area contributed by atoms with E-state index in [2.05, 4.69) is 5.32 Å². The minimum atomic E-state index is -3.78. The maximum absolute atomic E-state index is 13.7. The number of amides is 2. The van der Waals surface area contributed by atoms with Crippen LogP contribution >= 0.6 is 23.2 Å². The number of nitrogens with one attached hydrogen (secondary N) is 1. The Labute approximate surface area is 218 Å². The first-order valence-corrected chi connectivity index (χ1v) is 14.1. The van der Waals surface area contributed by atoms with E-state index < -0.39 is 28.5 Å². The molecule has 0 bridgehead atoms. The number of nitrogens with zero attached hydrogens (tertiary/aromatic N) is 2. The molecular weight excluding hydrogens is 509 g/mol. The van der Waals surface area contributed by atoms with Crippen molar-refractivity contribution in [1.82, 2.24) is 10.2 Å². The predicted octanol–water partition coefficient (Wildman–Crippen LogP) is 4.79. The lowest BCUT2D eigenvalue weighted by atomic mass is 10.1. The van der Waals surface area contributed by atoms with Gasteiger partial charge in [0.05, 0.1) is 11.9 Å². The maximum Gasteiger partial charge on any atom is 0.244 e. The molecule has 0 radical (unpaired) electrons. The lowest BCUT2D eigenvalue weighted by Crippen LogP contribution is -2.53. The summed E-state index contributed by atoms with van der Waals surface area (Å²) < 4.78 is 26.3. The van der Waals surface area contributed by atoms with Gasteiger partial charge in [-0.05, 0) is 56.5 Å². The van der Waals surface area contributed by atoms with Crippen molar-refractivity contribution < 1.29 is 18.0 Å². The zero-order valence-electron chi connectivity index (χ0n) is 20.7. The van der Waals surface area contributed by atoms with Crippen LogP contribution in [-0.4, -0.2) is 50.0 Å². The van der Waals surface area contributed by atoms with Crippen LogP contribution in [-0.2, 0) is 26.2 Å². The van der Waals surface area contributed by atoms with Gasteiger partial charge in [0.25, 0.3) is 0 Å². The molecule has 0 fully saturated rings. The van der Waals surface area contributed by atoms with Crippen molar-refractivity contribution in [3.05, 3.63) is 63.6 Å². The highest BCUT2D eigenvalue weighted by atomic mass is 35.5. The summed E-state index contributed by atoms with van der Waals surface area (Å²) in [6.07, 6.45) is 2.12. The molecule has 0 spiro atoms. The molecule has 2 atom stereocenters. The topological polar surface area (TPSA) is 86.8 Å². The molecule has 0 aromatic heterocycles. The standard InChI is InChI=1S/C25H33Cl2N3O4S/c1-6-18(4)28-25(32)23(7-2)29(15-19-10-11-20(26)14-22(19)27)24(31)16-30(35(5,33)34)21-12-8-17(3)9-13-21/h8-14,18,23H,6-7,15-16H2,1-5H3,(H,28,32)/t18-,23-/m1/s1. The van der Waals surface area contributed by atoms with E-state index in [4.69, 9.17) is 23.2 Å². The van der Waals surface area contributed by atoms with Gasteiger partial charge in [-0.25, -0.2) is 8.42 Å². The largest absolute Gasteiger partial charge is 0.352 e. The van der Waals surface area contributed by atoms with Crippen molar-refractivity contribution in [3.8, 4) is 0 Å². The molecule has 0 heterocycles. The second kappa shape index (κ2) is 12.6. The zero-order valence-corrected chi connectivity index (χ0v) is 23.0. The molecule has 0 saturated heterocycles. The van der Waals surface area contributed by atoms with Gasteiger partial charge in [0.1, 0.15) is 12.6 Å². The number of rotatable bonds is 11. The van der Waals surface area contributed by atoms with Crippen LogP contribution in [0.15, 0.2) is 42.5 Å². The number of hydrogen-bond acceptors (Lipinski definition) is 4. The number of carbonyl (C=O) groups excluding carboxylic acids is 2. The Balaban J connectivity index is 2.46. The highest BCUT2D eigenvalue weighted by Gasteiger charge is 2.32. The fourth-order valence-electron chi connectivity index (χ4n) is 3.52. The fraction of sp³-hybridized carbons (Fsp3) is 0.440. The molecule has 0 saturated carbocycles. The van der Waals surface area contributed by atoms with E-state index in [0.29, 0.717) is 27.7 Å². The smallest absolute Gasteiger partial charge is 0.244 e. The summed E-state index contributed by atoms with van der Waals surface area (Å²) in [6, 6.07) is 10.9. The van der Waals surface area contributed by atoms with Crippen molar-refractivity contribution in [3.63, 3.8) is 0 Å². The molecule has 2 amide bonds. The zero-order chi connectivity index (χ0) is 26.3. The molecule has 0 aliphatic heterocycles. The Bertz CT molecular complexity index is 1140. The minimum Gasteiger partial charge on any atom is -0.352 e. The quantitative estimate of drug-likeness (QED) is 0.443. The third-order valence-corrected chi connectivity index (χ3v) is 7.47. The van der Waals surface area contributed by atoms with Crippen molar-refractivity contribution in [2.24, 2.45) is 0 Å². The van der Waals surface area contributed by atoms with Gasteiger partial charge >= 0.3 is 0 Å². The average molecular weight is 543 g/mol. The normalized spacial score (nSPS) is 13.1. The van der Waals surface area contributed by atoms with Crippen LogP contribution in [0.25, 0.3) is 0 Å². The first-order valence-electron chi connectivity index (χ1n) is 11.5. The third-order valence-electron chi connectivity index (χ3n) is 5.74. The Morgan fingerprint density at radius 2 is 1.66 bits per heavy atom. The van der Waals surface area contributed by atoms with E-state index in [1.54, 1.807) is 49.4 Å². The molecule has 192 valence electrons. The maximum atomic E-state index is 13.7. The molecule has 10 heteroatoms. The Morgan fingerprint density at radius 1 is 1.03 bits per heavy atom. The van der Waals surface area contributed by atoms with Gasteiger partial charge in [0, 0.05) is 22.6 Å². The van der Waals surface area contributed by atoms with E-state index in [0.717, 1.165) is 22.5 Å². The van der Waals surface area contributed by atoms with Crippen molar-refractivity contribution >= 4 is 50.7 Å². The van der Waals surface area contributed by atoms with Crippen LogP contribution in [0, 0.1) is 6.92 Å². The summed E-state index contributed by atoms with van der Waals surface area (Å²) in [7, 11) is -3.78. The number of aryl methyl sites for hydroxylation is 1. The van der Waals surface area contributed by atoms with E-state index >= 15 is 0 Å². The van der Waals surface area contributed by atoms with Crippen LogP contribution in [0.5, 0.6) is 0 Å². The second-order valence-corrected chi connectivity index (χ2v) is 11.4. The van der Waals surface area contributed by atoms with E-state index in [1.165, 1.54) is 4.90 Å². The molecule has 35 heavy (non-hydrogen) atoms. The average Bonchev–Trinajstić information content (AvgIpc) is 2.78. The Hall–Kier alpha value is -2.29. The Kier molecular flexibility index (Phi) is 10.4. The molecule has 2 aromatic rings. The fourth-order valence-corrected chi connectivity index (χ4v) is 4.84. The summed E-state index contributed by atoms with van der Waals surface area (Å²) >= 11 is 12.4. The van der Waals surface area contributed by atoms with Gasteiger partial charge in [0.15, 0.2) is 0 Å². The molecule has 0 aliphatic rings. The van der Waals surface area contributed by atoms with Crippen LogP contribution in [0.1, 0.15) is 44.7 Å². The lowest BCUT2D eigenvalue weighted by Gasteiger charge is -2.33. The SMILES string of the molecule is CC[C@@H](C)NC(=O)[C@@H](CC)N(Cc1ccc(Cl)cc1Cl)C(=O)CN(c1ccc(C)cc1)S(C)(=O)=O. The molecule has 1 N–H and O–H groups in total. The van der Waals surface area contributed by atoms with E-state index in [9.17, 15) is 18.0 Å². The monoisotopic (exact) mass is 541 g/mol.